The van der Waals surface area contributed by atoms with Crippen LogP contribution in [0.15, 0.2) is 42.5 Å². The Hall–Kier alpha value is -1.66. The molecular weight excluding hydrogens is 363 g/mol. The summed E-state index contributed by atoms with van der Waals surface area (Å²) in [6, 6.07) is 12.2. The zero-order valence-corrected chi connectivity index (χ0v) is 15.2. The number of hydrogen-bond donors (Lipinski definition) is 1. The van der Waals surface area contributed by atoms with Gasteiger partial charge in [0, 0.05) is 38.4 Å². The van der Waals surface area contributed by atoms with Gasteiger partial charge < -0.3 is 5.11 Å². The molecule has 0 saturated heterocycles. The lowest BCUT2D eigenvalue weighted by Crippen LogP contribution is -2.27. The number of nitro groups is 1. The van der Waals surface area contributed by atoms with Crippen molar-refractivity contribution in [1.29, 1.82) is 0 Å². The molecule has 0 amide bonds. The highest BCUT2D eigenvalue weighted by molar-refractivity contribution is 6.42. The monoisotopic (exact) mass is 382 g/mol. The molecule has 25 heavy (non-hydrogen) atoms. The third-order valence-electron chi connectivity index (χ3n) is 3.89. The van der Waals surface area contributed by atoms with Crippen LogP contribution in [0.2, 0.25) is 10.0 Å². The van der Waals surface area contributed by atoms with Gasteiger partial charge in [0.2, 0.25) is 0 Å². The lowest BCUT2D eigenvalue weighted by Gasteiger charge is -2.22. The Bertz CT molecular complexity index is 708. The van der Waals surface area contributed by atoms with E-state index in [1.165, 1.54) is 12.1 Å². The van der Waals surface area contributed by atoms with Gasteiger partial charge in [0.15, 0.2) is 0 Å². The first-order chi connectivity index (χ1) is 12.0. The van der Waals surface area contributed by atoms with E-state index in [0.717, 1.165) is 30.6 Å². The lowest BCUT2D eigenvalue weighted by molar-refractivity contribution is -0.384. The van der Waals surface area contributed by atoms with E-state index in [2.05, 4.69) is 4.90 Å². The van der Waals surface area contributed by atoms with E-state index >= 15 is 0 Å². The van der Waals surface area contributed by atoms with E-state index in [-0.39, 0.29) is 12.3 Å². The van der Waals surface area contributed by atoms with E-state index in [1.807, 2.05) is 12.1 Å². The van der Waals surface area contributed by atoms with Gasteiger partial charge in [0.25, 0.3) is 5.69 Å². The molecular formula is C18H20Cl2N2O3. The van der Waals surface area contributed by atoms with Gasteiger partial charge in [-0.25, -0.2) is 0 Å². The van der Waals surface area contributed by atoms with Crippen LogP contribution in [0.25, 0.3) is 0 Å². The summed E-state index contributed by atoms with van der Waals surface area (Å²) in [5, 5.41) is 20.9. The van der Waals surface area contributed by atoms with Gasteiger partial charge in [-0.1, -0.05) is 41.4 Å². The number of aliphatic hydroxyl groups is 1. The minimum absolute atomic E-state index is 0.0942. The highest BCUT2D eigenvalue weighted by atomic mass is 35.5. The highest BCUT2D eigenvalue weighted by Gasteiger charge is 2.09. The number of hydrogen-bond acceptors (Lipinski definition) is 4. The Labute approximate surface area is 156 Å². The second kappa shape index (κ2) is 9.73. The Morgan fingerprint density at radius 1 is 1.00 bits per heavy atom. The van der Waals surface area contributed by atoms with Crippen LogP contribution in [0, 0.1) is 10.1 Å². The van der Waals surface area contributed by atoms with Crippen LogP contribution < -0.4 is 0 Å². The number of aliphatic hydroxyl groups excluding tert-OH is 1. The summed E-state index contributed by atoms with van der Waals surface area (Å²) in [5.74, 6) is 0. The van der Waals surface area contributed by atoms with Crippen LogP contribution in [0.1, 0.15) is 17.5 Å². The van der Waals surface area contributed by atoms with E-state index in [9.17, 15) is 10.1 Å². The van der Waals surface area contributed by atoms with Crippen molar-refractivity contribution in [2.24, 2.45) is 0 Å². The van der Waals surface area contributed by atoms with Crippen LogP contribution in [0.3, 0.4) is 0 Å². The molecule has 0 aliphatic heterocycles. The quantitative estimate of drug-likeness (QED) is 0.517. The Morgan fingerprint density at radius 2 is 1.68 bits per heavy atom. The number of non-ortho nitro benzene ring substituents is 1. The van der Waals surface area contributed by atoms with Gasteiger partial charge >= 0.3 is 0 Å². The van der Waals surface area contributed by atoms with Crippen molar-refractivity contribution in [2.75, 3.05) is 19.7 Å². The summed E-state index contributed by atoms with van der Waals surface area (Å²) in [6.07, 6.45) is 1.45. The molecule has 0 radical (unpaired) electrons. The predicted octanol–water partition coefficient (Wildman–Crippen LogP) is 4.33. The first-order valence-electron chi connectivity index (χ1n) is 8.00. The van der Waals surface area contributed by atoms with Crippen LogP contribution in [-0.4, -0.2) is 34.6 Å². The second-order valence-corrected chi connectivity index (χ2v) is 6.59. The number of halogens is 2. The average molecular weight is 383 g/mol. The second-order valence-electron chi connectivity index (χ2n) is 5.78. The average Bonchev–Trinajstić information content (AvgIpc) is 2.60. The van der Waals surface area contributed by atoms with Crippen molar-refractivity contribution in [3.8, 4) is 0 Å². The molecule has 2 rings (SSSR count). The van der Waals surface area contributed by atoms with Gasteiger partial charge in [-0.2, -0.15) is 0 Å². The molecule has 0 saturated carbocycles. The minimum atomic E-state index is -0.401. The summed E-state index contributed by atoms with van der Waals surface area (Å²) < 4.78 is 0. The minimum Gasteiger partial charge on any atom is -0.396 e. The molecule has 0 atom stereocenters. The summed E-state index contributed by atoms with van der Waals surface area (Å²) >= 11 is 12.0. The summed E-state index contributed by atoms with van der Waals surface area (Å²) in [4.78, 5) is 12.5. The van der Waals surface area contributed by atoms with Gasteiger partial charge in [-0.05, 0) is 36.1 Å². The fraction of sp³-hybridized carbons (Fsp3) is 0.333. The Balaban J connectivity index is 1.98. The van der Waals surface area contributed by atoms with Crippen molar-refractivity contribution < 1.29 is 10.0 Å². The summed E-state index contributed by atoms with van der Waals surface area (Å²) in [7, 11) is 0. The number of nitrogens with zero attached hydrogens (tertiary/aromatic N) is 2. The molecule has 0 aliphatic carbocycles. The van der Waals surface area contributed by atoms with E-state index < -0.39 is 4.92 Å². The largest absolute Gasteiger partial charge is 0.396 e. The summed E-state index contributed by atoms with van der Waals surface area (Å²) in [6.45, 7) is 2.36. The molecule has 0 heterocycles. The molecule has 1 N–H and O–H groups in total. The van der Waals surface area contributed by atoms with Crippen LogP contribution >= 0.6 is 23.2 Å². The maximum Gasteiger partial charge on any atom is 0.269 e. The lowest BCUT2D eigenvalue weighted by atomic mass is 10.1. The first-order valence-corrected chi connectivity index (χ1v) is 8.75. The molecule has 134 valence electrons. The number of nitro benzene ring substituents is 1. The molecule has 0 aromatic heterocycles. The standard InChI is InChI=1S/C18H20Cl2N2O3/c19-17-7-4-15(12-18(17)20)13-21(9-1-11-23)10-8-14-2-5-16(6-3-14)22(24)25/h2-7,12,23H,1,8-11,13H2. The van der Waals surface area contributed by atoms with Crippen molar-refractivity contribution in [3.05, 3.63) is 73.8 Å². The van der Waals surface area contributed by atoms with Crippen molar-refractivity contribution >= 4 is 28.9 Å². The third kappa shape index (κ3) is 6.29. The fourth-order valence-electron chi connectivity index (χ4n) is 2.53. The van der Waals surface area contributed by atoms with E-state index in [4.69, 9.17) is 28.3 Å². The highest BCUT2D eigenvalue weighted by Crippen LogP contribution is 2.23. The van der Waals surface area contributed by atoms with Crippen molar-refractivity contribution in [3.63, 3.8) is 0 Å². The molecule has 0 bridgehead atoms. The van der Waals surface area contributed by atoms with Gasteiger partial charge in [-0.15, -0.1) is 0 Å². The Kier molecular flexibility index (Phi) is 7.65. The van der Waals surface area contributed by atoms with Crippen molar-refractivity contribution in [1.82, 2.24) is 4.90 Å². The zero-order valence-electron chi connectivity index (χ0n) is 13.7. The zero-order chi connectivity index (χ0) is 18.2. The van der Waals surface area contributed by atoms with E-state index in [1.54, 1.807) is 18.2 Å². The van der Waals surface area contributed by atoms with Gasteiger partial charge in [0.05, 0.1) is 15.0 Å². The normalized spacial score (nSPS) is 11.0. The van der Waals surface area contributed by atoms with Crippen molar-refractivity contribution in [2.45, 2.75) is 19.4 Å². The Morgan fingerprint density at radius 3 is 2.28 bits per heavy atom. The molecule has 0 unspecified atom stereocenters. The maximum atomic E-state index is 10.7. The molecule has 2 aromatic rings. The fourth-order valence-corrected chi connectivity index (χ4v) is 2.85. The van der Waals surface area contributed by atoms with E-state index in [0.29, 0.717) is 23.0 Å². The van der Waals surface area contributed by atoms with Crippen LogP contribution in [-0.2, 0) is 13.0 Å². The number of rotatable bonds is 9. The molecule has 0 aliphatic rings. The molecule has 0 fully saturated rings. The van der Waals surface area contributed by atoms with Crippen LogP contribution in [0.5, 0.6) is 0 Å². The maximum absolute atomic E-state index is 10.7. The molecule has 7 heteroatoms. The summed E-state index contributed by atoms with van der Waals surface area (Å²) in [5.41, 5.74) is 2.18. The predicted molar refractivity (Wildman–Crippen MR) is 100 cm³/mol. The smallest absolute Gasteiger partial charge is 0.269 e. The third-order valence-corrected chi connectivity index (χ3v) is 4.63. The first kappa shape index (κ1) is 19.7. The molecule has 5 nitrogen and oxygen atoms in total. The SMILES string of the molecule is O=[N+]([O-])c1ccc(CCN(CCCO)Cc2ccc(Cl)c(Cl)c2)cc1. The number of benzene rings is 2. The van der Waals surface area contributed by atoms with Crippen LogP contribution in [0.4, 0.5) is 5.69 Å². The topological polar surface area (TPSA) is 66.6 Å². The van der Waals surface area contributed by atoms with Gasteiger partial charge in [-0.3, -0.25) is 15.0 Å². The van der Waals surface area contributed by atoms with Gasteiger partial charge in [0.1, 0.15) is 0 Å². The molecule has 2 aromatic carbocycles. The molecule has 0 spiro atoms.